The van der Waals surface area contributed by atoms with Crippen LogP contribution in [0.4, 0.5) is 4.79 Å². The van der Waals surface area contributed by atoms with Crippen molar-refractivity contribution < 1.29 is 9.90 Å². The average Bonchev–Trinajstić information content (AvgIpc) is 2.37. The van der Waals surface area contributed by atoms with Crippen LogP contribution >= 0.6 is 0 Å². The summed E-state index contributed by atoms with van der Waals surface area (Å²) in [6.07, 6.45) is 2.23. The lowest BCUT2D eigenvalue weighted by atomic mass is 10.2. The summed E-state index contributed by atoms with van der Waals surface area (Å²) in [4.78, 5) is 11.3. The molecule has 5 nitrogen and oxygen atoms in total. The Balaban J connectivity index is 2.35. The lowest BCUT2D eigenvalue weighted by Gasteiger charge is -2.12. The Hall–Kier alpha value is -1.88. The quantitative estimate of drug-likeness (QED) is 0.528. The minimum Gasteiger partial charge on any atom is -0.394 e. The molecule has 1 aromatic carbocycles. The maximum Gasteiger partial charge on any atom is 0.335 e. The maximum absolute atomic E-state index is 11.3. The van der Waals surface area contributed by atoms with Crippen LogP contribution in [0, 0.1) is 0 Å². The minimum absolute atomic E-state index is 0.0771. The van der Waals surface area contributed by atoms with Crippen molar-refractivity contribution >= 4 is 12.2 Å². The van der Waals surface area contributed by atoms with E-state index in [1.165, 1.54) is 0 Å². The predicted molar refractivity (Wildman–Crippen MR) is 66.9 cm³/mol. The molecule has 1 unspecified atom stereocenters. The highest BCUT2D eigenvalue weighted by molar-refractivity contribution is 5.81. The third-order valence-electron chi connectivity index (χ3n) is 2.23. The van der Waals surface area contributed by atoms with E-state index in [-0.39, 0.29) is 12.6 Å². The fourth-order valence-corrected chi connectivity index (χ4v) is 1.20. The molecule has 17 heavy (non-hydrogen) atoms. The topological polar surface area (TPSA) is 73.7 Å². The molecule has 0 aliphatic heterocycles. The number of rotatable bonds is 5. The molecule has 1 rings (SSSR count). The van der Waals surface area contributed by atoms with Crippen LogP contribution in [0.5, 0.6) is 0 Å². The van der Waals surface area contributed by atoms with Crippen LogP contribution in [-0.2, 0) is 0 Å². The second-order valence-electron chi connectivity index (χ2n) is 3.54. The Morgan fingerprint density at radius 1 is 1.47 bits per heavy atom. The van der Waals surface area contributed by atoms with Crippen molar-refractivity contribution in [3.8, 4) is 0 Å². The van der Waals surface area contributed by atoms with Gasteiger partial charge in [0.2, 0.25) is 0 Å². The smallest absolute Gasteiger partial charge is 0.335 e. The van der Waals surface area contributed by atoms with Gasteiger partial charge >= 0.3 is 6.03 Å². The van der Waals surface area contributed by atoms with Gasteiger partial charge in [0.1, 0.15) is 0 Å². The number of hydrazone groups is 1. The van der Waals surface area contributed by atoms with Crippen LogP contribution in [0.3, 0.4) is 0 Å². The normalized spacial score (nSPS) is 12.4. The number of hydrogen-bond donors (Lipinski definition) is 3. The third kappa shape index (κ3) is 5.12. The van der Waals surface area contributed by atoms with Crippen molar-refractivity contribution in [1.82, 2.24) is 10.7 Å². The van der Waals surface area contributed by atoms with E-state index in [9.17, 15) is 4.79 Å². The molecule has 0 heterocycles. The van der Waals surface area contributed by atoms with Gasteiger partial charge in [-0.1, -0.05) is 37.3 Å². The Morgan fingerprint density at radius 3 is 2.76 bits per heavy atom. The summed E-state index contributed by atoms with van der Waals surface area (Å²) in [6.45, 7) is 1.81. The molecule has 0 aromatic heterocycles. The van der Waals surface area contributed by atoms with Crippen molar-refractivity contribution in [1.29, 1.82) is 0 Å². The van der Waals surface area contributed by atoms with Gasteiger partial charge in [0, 0.05) is 0 Å². The maximum atomic E-state index is 11.3. The van der Waals surface area contributed by atoms with E-state index in [1.807, 2.05) is 37.3 Å². The highest BCUT2D eigenvalue weighted by Gasteiger charge is 2.07. The van der Waals surface area contributed by atoms with E-state index >= 15 is 0 Å². The van der Waals surface area contributed by atoms with Crippen LogP contribution < -0.4 is 10.7 Å². The van der Waals surface area contributed by atoms with Gasteiger partial charge in [-0.15, -0.1) is 0 Å². The van der Waals surface area contributed by atoms with Crippen LogP contribution in [-0.4, -0.2) is 30.0 Å². The number of urea groups is 1. The minimum atomic E-state index is -0.418. The van der Waals surface area contributed by atoms with E-state index in [0.717, 1.165) is 5.56 Å². The van der Waals surface area contributed by atoms with Crippen LogP contribution in [0.2, 0.25) is 0 Å². The first-order valence-electron chi connectivity index (χ1n) is 5.51. The van der Waals surface area contributed by atoms with Gasteiger partial charge in [0.25, 0.3) is 0 Å². The molecule has 0 saturated carbocycles. The molecular formula is C12H17N3O2. The van der Waals surface area contributed by atoms with Gasteiger partial charge < -0.3 is 10.4 Å². The molecule has 0 saturated heterocycles. The Labute approximate surface area is 101 Å². The number of nitrogens with one attached hydrogen (secondary N) is 2. The van der Waals surface area contributed by atoms with Gasteiger partial charge in [-0.05, 0) is 12.0 Å². The molecule has 0 radical (unpaired) electrons. The number of amides is 2. The monoisotopic (exact) mass is 235 g/mol. The fourth-order valence-electron chi connectivity index (χ4n) is 1.20. The summed E-state index contributed by atoms with van der Waals surface area (Å²) in [5.41, 5.74) is 3.24. The molecular weight excluding hydrogens is 218 g/mol. The molecule has 0 bridgehead atoms. The van der Waals surface area contributed by atoms with Crippen molar-refractivity contribution in [2.45, 2.75) is 19.4 Å². The van der Waals surface area contributed by atoms with E-state index in [0.29, 0.717) is 6.42 Å². The van der Waals surface area contributed by atoms with Gasteiger partial charge in [0.05, 0.1) is 18.9 Å². The van der Waals surface area contributed by atoms with E-state index in [2.05, 4.69) is 15.8 Å². The number of benzene rings is 1. The summed E-state index contributed by atoms with van der Waals surface area (Å²) < 4.78 is 0. The fraction of sp³-hybridized carbons (Fsp3) is 0.333. The van der Waals surface area contributed by atoms with Crippen molar-refractivity contribution in [3.63, 3.8) is 0 Å². The SMILES string of the molecule is CCC(CO)NC(=O)N/N=C/c1ccccc1. The molecule has 0 fully saturated rings. The molecule has 1 aromatic rings. The Kier molecular flexibility index (Phi) is 5.74. The lowest BCUT2D eigenvalue weighted by molar-refractivity contribution is 0.215. The highest BCUT2D eigenvalue weighted by atomic mass is 16.3. The summed E-state index contributed by atoms with van der Waals surface area (Å²) in [7, 11) is 0. The summed E-state index contributed by atoms with van der Waals surface area (Å²) in [5, 5.41) is 15.3. The number of nitrogens with zero attached hydrogens (tertiary/aromatic N) is 1. The van der Waals surface area contributed by atoms with Crippen LogP contribution in [0.15, 0.2) is 35.4 Å². The van der Waals surface area contributed by atoms with Gasteiger partial charge in [-0.3, -0.25) is 0 Å². The third-order valence-corrected chi connectivity index (χ3v) is 2.23. The first-order valence-corrected chi connectivity index (χ1v) is 5.51. The zero-order valence-electron chi connectivity index (χ0n) is 9.76. The summed E-state index contributed by atoms with van der Waals surface area (Å²) >= 11 is 0. The Morgan fingerprint density at radius 2 is 2.18 bits per heavy atom. The first kappa shape index (κ1) is 13.2. The second kappa shape index (κ2) is 7.40. The molecule has 0 spiro atoms. The number of aliphatic hydroxyl groups excluding tert-OH is 1. The molecule has 5 heteroatoms. The summed E-state index contributed by atoms with van der Waals surface area (Å²) in [6, 6.07) is 8.79. The second-order valence-corrected chi connectivity index (χ2v) is 3.54. The van der Waals surface area contributed by atoms with Crippen LogP contribution in [0.1, 0.15) is 18.9 Å². The number of carbonyl (C=O) groups is 1. The Bertz CT molecular complexity index is 361. The number of aliphatic hydroxyl groups is 1. The standard InChI is InChI=1S/C12H17N3O2/c1-2-11(9-16)14-12(17)15-13-8-10-6-4-3-5-7-10/h3-8,11,16H,2,9H2,1H3,(H2,14,15,17)/b13-8+. The van der Waals surface area contributed by atoms with Gasteiger partial charge in [-0.25, -0.2) is 10.2 Å². The van der Waals surface area contributed by atoms with E-state index in [1.54, 1.807) is 6.21 Å². The lowest BCUT2D eigenvalue weighted by Crippen LogP contribution is -2.41. The van der Waals surface area contributed by atoms with E-state index < -0.39 is 6.03 Å². The van der Waals surface area contributed by atoms with Crippen molar-refractivity contribution in [2.24, 2.45) is 5.10 Å². The van der Waals surface area contributed by atoms with E-state index in [4.69, 9.17) is 5.11 Å². The largest absolute Gasteiger partial charge is 0.394 e. The first-order chi connectivity index (χ1) is 8.26. The number of carbonyl (C=O) groups excluding carboxylic acids is 1. The molecule has 1 atom stereocenters. The van der Waals surface area contributed by atoms with Crippen molar-refractivity contribution in [3.05, 3.63) is 35.9 Å². The zero-order chi connectivity index (χ0) is 12.5. The number of hydrogen-bond acceptors (Lipinski definition) is 3. The molecule has 92 valence electrons. The summed E-state index contributed by atoms with van der Waals surface area (Å²) in [5.74, 6) is 0. The molecule has 2 amide bonds. The van der Waals surface area contributed by atoms with Crippen molar-refractivity contribution in [2.75, 3.05) is 6.61 Å². The highest BCUT2D eigenvalue weighted by Crippen LogP contribution is 1.93. The van der Waals surface area contributed by atoms with Crippen LogP contribution in [0.25, 0.3) is 0 Å². The average molecular weight is 235 g/mol. The van der Waals surface area contributed by atoms with Gasteiger partial charge in [0.15, 0.2) is 0 Å². The molecule has 3 N–H and O–H groups in total. The molecule has 0 aliphatic carbocycles. The van der Waals surface area contributed by atoms with Gasteiger partial charge in [-0.2, -0.15) is 5.10 Å². The zero-order valence-corrected chi connectivity index (χ0v) is 9.76. The molecule has 0 aliphatic rings. The predicted octanol–water partition coefficient (Wildman–Crippen LogP) is 1.09.